The van der Waals surface area contributed by atoms with Crippen molar-refractivity contribution >= 4 is 39.9 Å². The van der Waals surface area contributed by atoms with Crippen molar-refractivity contribution in [3.05, 3.63) is 75.0 Å². The van der Waals surface area contributed by atoms with Gasteiger partial charge < -0.3 is 14.4 Å². The summed E-state index contributed by atoms with van der Waals surface area (Å²) < 4.78 is 49.5. The van der Waals surface area contributed by atoms with Crippen LogP contribution in [-0.2, 0) is 19.3 Å². The van der Waals surface area contributed by atoms with Crippen LogP contribution in [0.1, 0.15) is 42.7 Å². The number of amides is 2. The number of aromatic nitrogens is 4. The van der Waals surface area contributed by atoms with Crippen LogP contribution < -0.4 is 14.8 Å². The maximum absolute atomic E-state index is 13.3. The fourth-order valence-electron chi connectivity index (χ4n) is 4.25. The average molecular weight is 605 g/mol. The lowest BCUT2D eigenvalue weighted by molar-refractivity contribution is -0.141. The number of alkyl halides is 3. The second-order valence-electron chi connectivity index (χ2n) is 8.85. The number of rotatable bonds is 6. The quantitative estimate of drug-likeness (QED) is 0.291. The van der Waals surface area contributed by atoms with Gasteiger partial charge in [-0.2, -0.15) is 13.2 Å². The van der Waals surface area contributed by atoms with E-state index in [0.29, 0.717) is 39.5 Å². The van der Waals surface area contributed by atoms with E-state index in [2.05, 4.69) is 25.3 Å². The summed E-state index contributed by atoms with van der Waals surface area (Å²) in [5.74, 6) is -0.836. The molecule has 212 valence electrons. The number of halogens is 4. The van der Waals surface area contributed by atoms with E-state index < -0.39 is 23.7 Å². The lowest BCUT2D eigenvalue weighted by Gasteiger charge is -2.18. The first kappa shape index (κ1) is 28.2. The van der Waals surface area contributed by atoms with Crippen LogP contribution in [0.25, 0.3) is 11.1 Å². The Kier molecular flexibility index (Phi) is 7.53. The third-order valence-corrected chi connectivity index (χ3v) is 7.40. The Labute approximate surface area is 240 Å². The van der Waals surface area contributed by atoms with Gasteiger partial charge in [-0.05, 0) is 19.1 Å². The first-order chi connectivity index (χ1) is 19.5. The molecule has 15 heteroatoms. The highest BCUT2D eigenvalue weighted by atomic mass is 35.5. The Hall–Kier alpha value is -4.30. The zero-order chi connectivity index (χ0) is 29.5. The van der Waals surface area contributed by atoms with Crippen LogP contribution >= 0.6 is 22.9 Å². The van der Waals surface area contributed by atoms with Gasteiger partial charge >= 0.3 is 6.18 Å². The van der Waals surface area contributed by atoms with E-state index in [1.54, 1.807) is 19.1 Å². The van der Waals surface area contributed by atoms with Crippen LogP contribution in [0.2, 0.25) is 5.15 Å². The monoisotopic (exact) mass is 604 g/mol. The van der Waals surface area contributed by atoms with Crippen molar-refractivity contribution in [1.82, 2.24) is 24.8 Å². The highest BCUT2D eigenvalue weighted by molar-refractivity contribution is 7.16. The van der Waals surface area contributed by atoms with Gasteiger partial charge in [-0.3, -0.25) is 24.9 Å². The first-order valence-electron chi connectivity index (χ1n) is 11.9. The smallest absolute Gasteiger partial charge is 0.433 e. The Bertz CT molecular complexity index is 1660. The fraction of sp³-hybridized carbons (Fsp3) is 0.231. The summed E-state index contributed by atoms with van der Waals surface area (Å²) in [6.07, 6.45) is -0.914. The van der Waals surface area contributed by atoms with Crippen molar-refractivity contribution in [3.63, 3.8) is 0 Å². The number of anilines is 1. The molecule has 0 spiro atoms. The van der Waals surface area contributed by atoms with E-state index in [9.17, 15) is 22.8 Å². The van der Waals surface area contributed by atoms with E-state index in [-0.39, 0.29) is 35.1 Å². The SMILES string of the molecule is COc1cc(C(F)(F)F)ncc1C(=O)N1Cc2nc(NC(=O)c3cnc(C)cc3-c3cc(Cl)ncc3OC)sc2C1. The zero-order valence-corrected chi connectivity index (χ0v) is 23.2. The molecule has 0 unspecified atom stereocenters. The van der Waals surface area contributed by atoms with Gasteiger partial charge in [0.05, 0.1) is 55.2 Å². The molecule has 0 aliphatic carbocycles. The lowest BCUT2D eigenvalue weighted by atomic mass is 10.0. The second-order valence-corrected chi connectivity index (χ2v) is 10.3. The fourth-order valence-corrected chi connectivity index (χ4v) is 5.39. The maximum atomic E-state index is 13.3. The van der Waals surface area contributed by atoms with Crippen LogP contribution in [0.5, 0.6) is 11.5 Å². The van der Waals surface area contributed by atoms with Crippen molar-refractivity contribution in [2.45, 2.75) is 26.2 Å². The Morgan fingerprint density at radius 2 is 1.71 bits per heavy atom. The van der Waals surface area contributed by atoms with Crippen molar-refractivity contribution in [3.8, 4) is 22.6 Å². The summed E-state index contributed by atoms with van der Waals surface area (Å²) in [6, 6.07) is 4.02. The van der Waals surface area contributed by atoms with E-state index in [1.165, 1.54) is 42.8 Å². The number of thiazole rings is 1. The van der Waals surface area contributed by atoms with Crippen LogP contribution in [0.4, 0.5) is 18.3 Å². The third kappa shape index (κ3) is 5.65. The van der Waals surface area contributed by atoms with E-state index in [1.807, 2.05) is 0 Å². The normalized spacial score (nSPS) is 12.7. The van der Waals surface area contributed by atoms with Gasteiger partial charge in [-0.1, -0.05) is 22.9 Å². The molecule has 5 heterocycles. The number of hydrogen-bond acceptors (Lipinski definition) is 9. The number of nitrogens with one attached hydrogen (secondary N) is 1. The molecule has 0 bridgehead atoms. The molecule has 41 heavy (non-hydrogen) atoms. The molecule has 2 amide bonds. The third-order valence-electron chi connectivity index (χ3n) is 6.20. The molecule has 4 aromatic heterocycles. The Morgan fingerprint density at radius 3 is 2.39 bits per heavy atom. The summed E-state index contributed by atoms with van der Waals surface area (Å²) in [7, 11) is 2.66. The molecule has 5 rings (SSSR count). The van der Waals surface area contributed by atoms with Gasteiger partial charge in [0.1, 0.15) is 22.3 Å². The minimum atomic E-state index is -4.68. The lowest BCUT2D eigenvalue weighted by Crippen LogP contribution is -2.26. The second kappa shape index (κ2) is 10.9. The van der Waals surface area contributed by atoms with Crippen molar-refractivity contribution in [2.75, 3.05) is 19.5 Å². The molecule has 1 aliphatic rings. The number of carbonyl (C=O) groups excluding carboxylic acids is 2. The number of carbonyl (C=O) groups is 2. The summed E-state index contributed by atoms with van der Waals surface area (Å²) in [4.78, 5) is 44.6. The minimum absolute atomic E-state index is 0.0920. The molecule has 4 aromatic rings. The molecule has 0 saturated heterocycles. The van der Waals surface area contributed by atoms with Gasteiger partial charge in [0.15, 0.2) is 5.13 Å². The topological polar surface area (TPSA) is 119 Å². The number of aryl methyl sites for hydroxylation is 1. The standard InChI is InChI=1S/C26H20ClF3N6O4S/c1-12-4-13(14-5-22(27)33-9-19(14)40-3)15(7-31-12)23(37)35-25-34-17-10-36(11-20(17)41-25)24(38)16-8-32-21(26(28,29)30)6-18(16)39-2/h4-9H,10-11H2,1-3H3,(H,34,35,37). The number of fused-ring (bicyclic) bond motifs is 1. The first-order valence-corrected chi connectivity index (χ1v) is 13.0. The van der Waals surface area contributed by atoms with Gasteiger partial charge in [0.25, 0.3) is 11.8 Å². The van der Waals surface area contributed by atoms with Crippen LogP contribution in [-0.4, -0.2) is 50.9 Å². The van der Waals surface area contributed by atoms with Crippen molar-refractivity contribution < 1.29 is 32.2 Å². The summed E-state index contributed by atoms with van der Waals surface area (Å²) >= 11 is 7.29. The molecular weight excluding hydrogens is 585 g/mol. The number of pyridine rings is 3. The molecule has 0 saturated carbocycles. The molecule has 0 atom stereocenters. The highest BCUT2D eigenvalue weighted by Crippen LogP contribution is 2.37. The number of ether oxygens (including phenoxy) is 2. The van der Waals surface area contributed by atoms with Gasteiger partial charge in [0.2, 0.25) is 0 Å². The van der Waals surface area contributed by atoms with Crippen LogP contribution in [0.3, 0.4) is 0 Å². The number of hydrogen-bond donors (Lipinski definition) is 1. The van der Waals surface area contributed by atoms with Crippen LogP contribution in [0.15, 0.2) is 36.8 Å². The Morgan fingerprint density at radius 1 is 0.976 bits per heavy atom. The van der Waals surface area contributed by atoms with E-state index >= 15 is 0 Å². The van der Waals surface area contributed by atoms with Gasteiger partial charge in [0, 0.05) is 35.3 Å². The molecular formula is C26H20ClF3N6O4S. The van der Waals surface area contributed by atoms with Gasteiger partial charge in [-0.25, -0.2) is 9.97 Å². The minimum Gasteiger partial charge on any atom is -0.496 e. The predicted molar refractivity (Wildman–Crippen MR) is 143 cm³/mol. The predicted octanol–water partition coefficient (Wildman–Crippen LogP) is 5.40. The van der Waals surface area contributed by atoms with Crippen LogP contribution in [0, 0.1) is 6.92 Å². The average Bonchev–Trinajstić information content (AvgIpc) is 3.50. The number of methoxy groups -OCH3 is 2. The maximum Gasteiger partial charge on any atom is 0.433 e. The van der Waals surface area contributed by atoms with Crippen molar-refractivity contribution in [2.24, 2.45) is 0 Å². The molecule has 0 aromatic carbocycles. The summed E-state index contributed by atoms with van der Waals surface area (Å²) in [5, 5.41) is 3.32. The van der Waals surface area contributed by atoms with Gasteiger partial charge in [-0.15, -0.1) is 0 Å². The van der Waals surface area contributed by atoms with E-state index in [0.717, 1.165) is 11.1 Å². The Balaban J connectivity index is 1.34. The van der Waals surface area contributed by atoms with Crippen molar-refractivity contribution in [1.29, 1.82) is 0 Å². The number of nitrogens with zero attached hydrogens (tertiary/aromatic N) is 5. The molecule has 0 radical (unpaired) electrons. The molecule has 10 nitrogen and oxygen atoms in total. The molecule has 1 aliphatic heterocycles. The summed E-state index contributed by atoms with van der Waals surface area (Å²) in [5.41, 5.74) is 1.32. The zero-order valence-electron chi connectivity index (χ0n) is 21.7. The summed E-state index contributed by atoms with van der Waals surface area (Å²) in [6.45, 7) is 2.03. The molecule has 1 N–H and O–H groups in total. The van der Waals surface area contributed by atoms with E-state index in [4.69, 9.17) is 21.1 Å². The highest BCUT2D eigenvalue weighted by Gasteiger charge is 2.35. The largest absolute Gasteiger partial charge is 0.496 e. The molecule has 0 fully saturated rings.